The fourth-order valence-electron chi connectivity index (χ4n) is 5.41. The van der Waals surface area contributed by atoms with Crippen LogP contribution in [0.3, 0.4) is 0 Å². The monoisotopic (exact) mass is 684 g/mol. The van der Waals surface area contributed by atoms with Crippen molar-refractivity contribution in [3.63, 3.8) is 0 Å². The van der Waals surface area contributed by atoms with E-state index >= 15 is 0 Å². The van der Waals surface area contributed by atoms with Crippen LogP contribution in [0, 0.1) is 0 Å². The summed E-state index contributed by atoms with van der Waals surface area (Å²) in [5.74, 6) is -0.513. The van der Waals surface area contributed by atoms with Gasteiger partial charge in [0.1, 0.15) is 17.0 Å². The molecule has 2 atom stereocenters. The summed E-state index contributed by atoms with van der Waals surface area (Å²) in [6.45, 7) is 11.5. The van der Waals surface area contributed by atoms with Crippen LogP contribution < -0.4 is 10.0 Å². The van der Waals surface area contributed by atoms with E-state index in [2.05, 4.69) is 15.0 Å². The van der Waals surface area contributed by atoms with Gasteiger partial charge < -0.3 is 14.2 Å². The molecule has 1 aromatic carbocycles. The Balaban J connectivity index is 1.40. The number of halogens is 1. The first-order valence-electron chi connectivity index (χ1n) is 15.0. The van der Waals surface area contributed by atoms with Crippen molar-refractivity contribution in [3.05, 3.63) is 75.9 Å². The minimum absolute atomic E-state index is 0.182. The van der Waals surface area contributed by atoms with Gasteiger partial charge in [-0.2, -0.15) is 0 Å². The summed E-state index contributed by atoms with van der Waals surface area (Å²) in [6.07, 6.45) is 2.26. The van der Waals surface area contributed by atoms with Crippen molar-refractivity contribution >= 4 is 55.0 Å². The quantitative estimate of drug-likeness (QED) is 0.195. The number of hydrogen-bond donors (Lipinski definition) is 2. The topological polar surface area (TPSA) is 129 Å². The van der Waals surface area contributed by atoms with Crippen molar-refractivity contribution in [3.8, 4) is 11.3 Å². The number of carbonyl (C=O) groups excluding carboxylic acids is 1. The predicted octanol–water partition coefficient (Wildman–Crippen LogP) is 7.53. The Morgan fingerprint density at radius 1 is 1.13 bits per heavy atom. The van der Waals surface area contributed by atoms with E-state index < -0.39 is 44.4 Å². The first kappa shape index (κ1) is 32.8. The van der Waals surface area contributed by atoms with Gasteiger partial charge in [-0.05, 0) is 95.7 Å². The van der Waals surface area contributed by atoms with E-state index in [1.54, 1.807) is 39.1 Å². The van der Waals surface area contributed by atoms with Crippen LogP contribution in [-0.4, -0.2) is 47.7 Å². The highest BCUT2D eigenvalue weighted by Gasteiger charge is 2.43. The molecule has 4 heterocycles. The van der Waals surface area contributed by atoms with Crippen LogP contribution >= 0.6 is 22.9 Å². The number of fused-ring (bicyclic) bond motifs is 1. The highest BCUT2D eigenvalue weighted by atomic mass is 35.5. The molecular weight excluding hydrogens is 648 g/mol. The van der Waals surface area contributed by atoms with Gasteiger partial charge in [-0.1, -0.05) is 29.8 Å². The van der Waals surface area contributed by atoms with Gasteiger partial charge in [0.2, 0.25) is 10.0 Å². The van der Waals surface area contributed by atoms with E-state index in [1.807, 2.05) is 57.2 Å². The number of nitrogens with zero attached hydrogens (tertiary/aromatic N) is 2. The number of thiophene rings is 1. The Labute approximate surface area is 277 Å². The molecule has 2 aliphatic rings. The van der Waals surface area contributed by atoms with Crippen molar-refractivity contribution in [2.75, 3.05) is 11.9 Å². The third-order valence-electron chi connectivity index (χ3n) is 7.68. The lowest BCUT2D eigenvalue weighted by Crippen LogP contribution is -2.32. The summed E-state index contributed by atoms with van der Waals surface area (Å²) < 4.78 is 48.0. The highest BCUT2D eigenvalue weighted by molar-refractivity contribution is 7.90. The van der Waals surface area contributed by atoms with Crippen molar-refractivity contribution in [2.24, 2.45) is 0 Å². The molecule has 2 N–H and O–H groups in total. The van der Waals surface area contributed by atoms with Crippen LogP contribution in [0.4, 0.5) is 10.6 Å². The number of carbonyl (C=O) groups is 1. The van der Waals surface area contributed by atoms with Gasteiger partial charge in [-0.15, -0.1) is 11.3 Å². The molecule has 1 saturated heterocycles. The Hall–Kier alpha value is -3.13. The Kier molecular flexibility index (Phi) is 8.44. The number of ether oxygens (including phenoxy) is 3. The summed E-state index contributed by atoms with van der Waals surface area (Å²) in [5.41, 5.74) is 1.50. The number of benzene rings is 1. The minimum atomic E-state index is -3.68. The largest absolute Gasteiger partial charge is 0.444 e. The van der Waals surface area contributed by atoms with Crippen molar-refractivity contribution in [1.82, 2.24) is 14.7 Å². The molecule has 2 unspecified atom stereocenters. The predicted molar refractivity (Wildman–Crippen MR) is 180 cm³/mol. The lowest BCUT2D eigenvalue weighted by Gasteiger charge is -2.25. The molecule has 10 nitrogen and oxygen atoms in total. The Bertz CT molecular complexity index is 1920. The smallest absolute Gasteiger partial charge is 0.413 e. The first-order chi connectivity index (χ1) is 21.5. The van der Waals surface area contributed by atoms with Crippen molar-refractivity contribution in [1.29, 1.82) is 0 Å². The number of hydrogen-bond acceptors (Lipinski definition) is 9. The fraction of sp³-hybridized carbons (Fsp3) is 0.424. The average molecular weight is 685 g/mol. The number of anilines is 1. The zero-order valence-electron chi connectivity index (χ0n) is 26.5. The molecule has 1 amide bonds. The second-order valence-electron chi connectivity index (χ2n) is 13.3. The summed E-state index contributed by atoms with van der Waals surface area (Å²) in [6, 6.07) is 14.0. The van der Waals surface area contributed by atoms with E-state index in [-0.39, 0.29) is 16.5 Å². The van der Waals surface area contributed by atoms with Crippen LogP contribution in [0.25, 0.3) is 21.3 Å². The summed E-state index contributed by atoms with van der Waals surface area (Å²) in [5, 5.41) is 3.32. The van der Waals surface area contributed by atoms with Gasteiger partial charge in [0.15, 0.2) is 5.79 Å². The van der Waals surface area contributed by atoms with Crippen LogP contribution in [0.15, 0.2) is 54.7 Å². The molecule has 3 aromatic heterocycles. The van der Waals surface area contributed by atoms with Gasteiger partial charge >= 0.3 is 6.09 Å². The lowest BCUT2D eigenvalue weighted by atomic mass is 9.96. The maximum absolute atomic E-state index is 13.3. The molecule has 1 saturated carbocycles. The summed E-state index contributed by atoms with van der Waals surface area (Å²) in [7, 11) is -3.68. The van der Waals surface area contributed by atoms with Crippen molar-refractivity contribution in [2.45, 2.75) is 82.7 Å². The lowest BCUT2D eigenvalue weighted by molar-refractivity contribution is -0.159. The van der Waals surface area contributed by atoms with Gasteiger partial charge in [0, 0.05) is 21.3 Å². The van der Waals surface area contributed by atoms with Gasteiger partial charge in [0.05, 0.1) is 34.3 Å². The van der Waals surface area contributed by atoms with E-state index in [9.17, 15) is 13.2 Å². The Morgan fingerprint density at radius 3 is 2.57 bits per heavy atom. The molecule has 4 aromatic rings. The normalized spacial score (nSPS) is 20.5. The minimum Gasteiger partial charge on any atom is -0.444 e. The van der Waals surface area contributed by atoms with E-state index in [0.717, 1.165) is 26.9 Å². The third kappa shape index (κ3) is 7.07. The second kappa shape index (κ2) is 11.8. The molecule has 2 fully saturated rings. The maximum Gasteiger partial charge on any atom is 0.413 e. The van der Waals surface area contributed by atoms with E-state index in [1.165, 1.54) is 11.3 Å². The van der Waals surface area contributed by atoms with E-state index in [0.29, 0.717) is 24.3 Å². The number of rotatable bonds is 8. The van der Waals surface area contributed by atoms with Gasteiger partial charge in [-0.25, -0.2) is 22.9 Å². The zero-order valence-corrected chi connectivity index (χ0v) is 28.9. The molecule has 0 spiro atoms. The molecule has 0 bridgehead atoms. The standard InChI is InChI=1S/C33H37ClN4O6S2/c1-31(2,3)43-30(39)37-26-13-12-23(34)27(36-26)28(38-46(40,41)21-10-11-21)25-16-19-8-7-9-22(29(19)45-25)24-17-20(14-15-35-24)33(6)18-42-32(4,5)44-33/h7-9,12-17,21,28,38H,10-11,18H2,1-6H3,(H,36,37,39). The van der Waals surface area contributed by atoms with Crippen molar-refractivity contribution < 1.29 is 27.4 Å². The van der Waals surface area contributed by atoms with Crippen LogP contribution in [-0.2, 0) is 29.8 Å². The average Bonchev–Trinajstić information content (AvgIpc) is 3.68. The summed E-state index contributed by atoms with van der Waals surface area (Å²) in [4.78, 5) is 22.5. The number of sulfonamides is 1. The van der Waals surface area contributed by atoms with Crippen LogP contribution in [0.1, 0.15) is 76.6 Å². The van der Waals surface area contributed by atoms with Gasteiger partial charge in [-0.3, -0.25) is 10.3 Å². The van der Waals surface area contributed by atoms with Crippen LogP contribution in [0.5, 0.6) is 0 Å². The summed E-state index contributed by atoms with van der Waals surface area (Å²) >= 11 is 8.11. The second-order valence-corrected chi connectivity index (χ2v) is 16.8. The molecule has 6 rings (SSSR count). The number of amides is 1. The third-order valence-corrected chi connectivity index (χ3v) is 11.2. The molecule has 1 aliphatic heterocycles. The fourth-order valence-corrected chi connectivity index (χ4v) is 8.46. The first-order valence-corrected chi connectivity index (χ1v) is 17.8. The SMILES string of the molecule is CC(C)(C)OC(=O)Nc1ccc(Cl)c(C(NS(=O)(=O)C2CC2)c2cc3cccc(-c4cc(C5(C)COC(C)(C)O5)ccn4)c3s2)n1. The molecule has 46 heavy (non-hydrogen) atoms. The molecule has 13 heteroatoms. The molecule has 244 valence electrons. The number of pyridine rings is 2. The molecular formula is C33H37ClN4O6S2. The Morgan fingerprint density at radius 2 is 1.89 bits per heavy atom. The molecule has 1 aliphatic carbocycles. The zero-order chi connectivity index (χ0) is 33.1. The van der Waals surface area contributed by atoms with Crippen LogP contribution in [0.2, 0.25) is 5.02 Å². The number of aromatic nitrogens is 2. The maximum atomic E-state index is 13.3. The number of nitrogens with one attached hydrogen (secondary N) is 2. The highest BCUT2D eigenvalue weighted by Crippen LogP contribution is 2.43. The van der Waals surface area contributed by atoms with E-state index in [4.69, 9.17) is 30.8 Å². The molecule has 0 radical (unpaired) electrons. The van der Waals surface area contributed by atoms with Gasteiger partial charge in [0.25, 0.3) is 0 Å².